The Balaban J connectivity index is 2.09. The van der Waals surface area contributed by atoms with Crippen LogP contribution >= 0.6 is 12.2 Å². The summed E-state index contributed by atoms with van der Waals surface area (Å²) in [4.78, 5) is 0. The molecule has 0 amide bonds. The standard InChI is InChI=1S/C10H11FN6S/c1-12-17-9(15-16-10(17)18)14-13-6-7-3-2-4-8(11)5-7/h2-6,12H,1H3,(H,14,15)(H,16,18). The summed E-state index contributed by atoms with van der Waals surface area (Å²) >= 11 is 4.97. The summed E-state index contributed by atoms with van der Waals surface area (Å²) < 4.78 is 14.8. The molecule has 2 rings (SSSR count). The van der Waals surface area contributed by atoms with E-state index in [0.717, 1.165) is 0 Å². The van der Waals surface area contributed by atoms with Gasteiger partial charge in [-0.05, 0) is 29.9 Å². The molecule has 18 heavy (non-hydrogen) atoms. The van der Waals surface area contributed by atoms with E-state index in [0.29, 0.717) is 16.3 Å². The molecule has 3 N–H and O–H groups in total. The summed E-state index contributed by atoms with van der Waals surface area (Å²) in [5.74, 6) is 0.104. The fourth-order valence-corrected chi connectivity index (χ4v) is 1.55. The van der Waals surface area contributed by atoms with Gasteiger partial charge >= 0.3 is 0 Å². The summed E-state index contributed by atoms with van der Waals surface area (Å²) in [5, 5.41) is 10.5. The van der Waals surface area contributed by atoms with Crippen molar-refractivity contribution in [2.45, 2.75) is 0 Å². The highest BCUT2D eigenvalue weighted by molar-refractivity contribution is 7.71. The molecule has 0 atom stereocenters. The van der Waals surface area contributed by atoms with Gasteiger partial charge in [-0.3, -0.25) is 0 Å². The van der Waals surface area contributed by atoms with Crippen molar-refractivity contribution < 1.29 is 4.39 Å². The van der Waals surface area contributed by atoms with Gasteiger partial charge in [0.05, 0.1) is 6.21 Å². The van der Waals surface area contributed by atoms with Crippen LogP contribution in [0, 0.1) is 10.6 Å². The Morgan fingerprint density at radius 3 is 3.11 bits per heavy atom. The Labute approximate surface area is 108 Å². The van der Waals surface area contributed by atoms with Gasteiger partial charge in [0.2, 0.25) is 4.77 Å². The number of nitrogens with one attached hydrogen (secondary N) is 3. The predicted octanol–water partition coefficient (Wildman–Crippen LogP) is 1.70. The first-order valence-corrected chi connectivity index (χ1v) is 5.51. The molecule has 1 heterocycles. The number of halogens is 1. The van der Waals surface area contributed by atoms with Gasteiger partial charge in [-0.2, -0.15) is 9.78 Å². The number of hydrogen-bond acceptors (Lipinski definition) is 5. The second-order valence-electron chi connectivity index (χ2n) is 3.34. The molecule has 0 aliphatic carbocycles. The van der Waals surface area contributed by atoms with Crippen LogP contribution in [0.4, 0.5) is 10.3 Å². The van der Waals surface area contributed by atoms with E-state index in [9.17, 15) is 4.39 Å². The van der Waals surface area contributed by atoms with Crippen LogP contribution in [0.25, 0.3) is 0 Å². The summed E-state index contributed by atoms with van der Waals surface area (Å²) in [6.45, 7) is 0. The molecule has 1 aromatic heterocycles. The van der Waals surface area contributed by atoms with Crippen molar-refractivity contribution in [1.82, 2.24) is 14.9 Å². The summed E-state index contributed by atoms with van der Waals surface area (Å²) in [7, 11) is 1.70. The first-order valence-electron chi connectivity index (χ1n) is 5.10. The minimum atomic E-state index is -0.308. The minimum Gasteiger partial charge on any atom is -0.324 e. The van der Waals surface area contributed by atoms with Gasteiger partial charge in [-0.15, -0.1) is 5.10 Å². The third-order valence-corrected chi connectivity index (χ3v) is 2.40. The van der Waals surface area contributed by atoms with Crippen molar-refractivity contribution in [2.24, 2.45) is 5.10 Å². The largest absolute Gasteiger partial charge is 0.324 e. The third kappa shape index (κ3) is 2.72. The normalized spacial score (nSPS) is 10.8. The molecule has 0 aliphatic rings. The molecule has 6 nitrogen and oxygen atoms in total. The second-order valence-corrected chi connectivity index (χ2v) is 3.72. The van der Waals surface area contributed by atoms with Crippen LogP contribution in [-0.4, -0.2) is 28.1 Å². The maximum Gasteiger partial charge on any atom is 0.262 e. The van der Waals surface area contributed by atoms with Crippen LogP contribution in [-0.2, 0) is 0 Å². The van der Waals surface area contributed by atoms with Crippen LogP contribution in [0.3, 0.4) is 0 Å². The molecule has 1 aromatic carbocycles. The molecule has 2 aromatic rings. The van der Waals surface area contributed by atoms with Gasteiger partial charge in [-0.25, -0.2) is 14.9 Å². The van der Waals surface area contributed by atoms with Crippen LogP contribution < -0.4 is 10.9 Å². The number of H-pyrrole nitrogens is 1. The fourth-order valence-electron chi connectivity index (χ4n) is 1.33. The van der Waals surface area contributed by atoms with Crippen LogP contribution in [0.2, 0.25) is 0 Å². The highest BCUT2D eigenvalue weighted by Crippen LogP contribution is 2.02. The number of aromatic nitrogens is 3. The molecule has 0 spiro atoms. The monoisotopic (exact) mass is 266 g/mol. The Bertz CT molecular complexity index is 617. The van der Waals surface area contributed by atoms with E-state index >= 15 is 0 Å². The Morgan fingerprint density at radius 2 is 2.39 bits per heavy atom. The Hall–Kier alpha value is -2.22. The zero-order chi connectivity index (χ0) is 13.0. The molecule has 0 bridgehead atoms. The number of nitrogens with zero attached hydrogens (tertiary/aromatic N) is 3. The van der Waals surface area contributed by atoms with E-state index in [-0.39, 0.29) is 5.82 Å². The molecule has 0 aliphatic heterocycles. The summed E-state index contributed by atoms with van der Waals surface area (Å²) in [6, 6.07) is 6.10. The molecule has 94 valence electrons. The minimum absolute atomic E-state index is 0.308. The van der Waals surface area contributed by atoms with Crippen molar-refractivity contribution in [3.63, 3.8) is 0 Å². The molecule has 0 unspecified atom stereocenters. The Morgan fingerprint density at radius 1 is 1.56 bits per heavy atom. The van der Waals surface area contributed by atoms with Crippen molar-refractivity contribution in [3.8, 4) is 0 Å². The average molecular weight is 266 g/mol. The molecule has 0 radical (unpaired) electrons. The van der Waals surface area contributed by atoms with E-state index in [1.54, 1.807) is 19.2 Å². The lowest BCUT2D eigenvalue weighted by Crippen LogP contribution is -2.12. The lowest BCUT2D eigenvalue weighted by molar-refractivity contribution is 0.627. The second kappa shape index (κ2) is 5.41. The molecular formula is C10H11FN6S. The predicted molar refractivity (Wildman–Crippen MR) is 70.3 cm³/mol. The maximum atomic E-state index is 12.9. The van der Waals surface area contributed by atoms with E-state index < -0.39 is 0 Å². The smallest absolute Gasteiger partial charge is 0.262 e. The van der Waals surface area contributed by atoms with Gasteiger partial charge in [0.15, 0.2) is 0 Å². The van der Waals surface area contributed by atoms with Crippen LogP contribution in [0.1, 0.15) is 5.56 Å². The third-order valence-electron chi connectivity index (χ3n) is 2.12. The number of aromatic amines is 1. The number of hydrogen-bond donors (Lipinski definition) is 3. The van der Waals surface area contributed by atoms with E-state index in [1.807, 2.05) is 0 Å². The molecule has 0 saturated heterocycles. The van der Waals surface area contributed by atoms with Crippen molar-refractivity contribution in [3.05, 3.63) is 40.4 Å². The van der Waals surface area contributed by atoms with Gasteiger partial charge in [0.1, 0.15) is 5.82 Å². The zero-order valence-electron chi connectivity index (χ0n) is 9.51. The lowest BCUT2D eigenvalue weighted by Gasteiger charge is -2.02. The molecular weight excluding hydrogens is 255 g/mol. The van der Waals surface area contributed by atoms with Crippen molar-refractivity contribution in [1.29, 1.82) is 0 Å². The quantitative estimate of drug-likeness (QED) is 0.447. The number of hydrazone groups is 1. The zero-order valence-corrected chi connectivity index (χ0v) is 10.3. The van der Waals surface area contributed by atoms with Gasteiger partial charge in [-0.1, -0.05) is 12.1 Å². The first-order chi connectivity index (χ1) is 8.70. The van der Waals surface area contributed by atoms with Crippen LogP contribution in [0.5, 0.6) is 0 Å². The highest BCUT2D eigenvalue weighted by Gasteiger charge is 2.01. The SMILES string of the molecule is CNn1c(NN=Cc2cccc(F)c2)n[nH]c1=S. The van der Waals surface area contributed by atoms with Crippen LogP contribution in [0.15, 0.2) is 29.4 Å². The molecule has 8 heteroatoms. The highest BCUT2D eigenvalue weighted by atomic mass is 32.1. The lowest BCUT2D eigenvalue weighted by atomic mass is 10.2. The van der Waals surface area contributed by atoms with E-state index in [2.05, 4.69) is 26.2 Å². The summed E-state index contributed by atoms with van der Waals surface area (Å²) in [6.07, 6.45) is 1.49. The van der Waals surface area contributed by atoms with Crippen molar-refractivity contribution in [2.75, 3.05) is 17.9 Å². The number of anilines is 1. The topological polar surface area (TPSA) is 70.0 Å². The number of rotatable bonds is 4. The fraction of sp³-hybridized carbons (Fsp3) is 0.100. The summed E-state index contributed by atoms with van der Waals surface area (Å²) in [5.41, 5.74) is 6.16. The first kappa shape index (κ1) is 12.2. The number of benzene rings is 1. The Kier molecular flexibility index (Phi) is 3.68. The van der Waals surface area contributed by atoms with E-state index in [1.165, 1.54) is 23.0 Å². The average Bonchev–Trinajstić information content (AvgIpc) is 2.70. The molecule has 0 fully saturated rings. The molecule has 0 saturated carbocycles. The van der Waals surface area contributed by atoms with Gasteiger partial charge < -0.3 is 5.43 Å². The van der Waals surface area contributed by atoms with E-state index in [4.69, 9.17) is 12.2 Å². The maximum absolute atomic E-state index is 12.9. The van der Waals surface area contributed by atoms with Gasteiger partial charge in [0, 0.05) is 7.05 Å². The van der Waals surface area contributed by atoms with Gasteiger partial charge in [0.25, 0.3) is 5.95 Å². The van der Waals surface area contributed by atoms with Crippen molar-refractivity contribution >= 4 is 24.4 Å².